The number of halogens is 2. The van der Waals surface area contributed by atoms with Crippen LogP contribution in [-0.2, 0) is 6.54 Å². The second-order valence-corrected chi connectivity index (χ2v) is 7.75. The molecule has 1 aliphatic rings. The Bertz CT molecular complexity index is 798. The van der Waals surface area contributed by atoms with Gasteiger partial charge in [-0.3, -0.25) is 9.88 Å². The first kappa shape index (κ1) is 20.9. The van der Waals surface area contributed by atoms with E-state index in [2.05, 4.69) is 32.1 Å². The molecule has 28 heavy (non-hydrogen) atoms. The van der Waals surface area contributed by atoms with E-state index in [-0.39, 0.29) is 24.2 Å². The third-order valence-electron chi connectivity index (χ3n) is 4.99. The molecule has 3 heterocycles. The normalized spacial score (nSPS) is 16.9. The molecule has 3 rings (SSSR count). The Kier molecular flexibility index (Phi) is 7.18. The van der Waals surface area contributed by atoms with Crippen LogP contribution in [0.3, 0.4) is 0 Å². The first-order valence-corrected chi connectivity index (χ1v) is 9.92. The van der Waals surface area contributed by atoms with Gasteiger partial charge in [0, 0.05) is 69.0 Å². The zero-order valence-electron chi connectivity index (χ0n) is 16.3. The van der Waals surface area contributed by atoms with Crippen LogP contribution in [0.25, 0.3) is 11.3 Å². The lowest BCUT2D eigenvalue weighted by molar-refractivity contribution is 0.148. The monoisotopic (exact) mass is 407 g/mol. The van der Waals surface area contributed by atoms with Gasteiger partial charge in [0.25, 0.3) is 0 Å². The molecule has 2 aromatic rings. The SMILES string of the molecule is C[C@@H](CCO)Nc1cc(Cl)ncc1-c1ncc(CN2CCN(C)CC2)cc1F. The molecule has 0 saturated carbocycles. The summed E-state index contributed by atoms with van der Waals surface area (Å²) in [4.78, 5) is 13.1. The topological polar surface area (TPSA) is 64.5 Å². The van der Waals surface area contributed by atoms with Crippen molar-refractivity contribution in [3.63, 3.8) is 0 Å². The predicted molar refractivity (Wildman–Crippen MR) is 110 cm³/mol. The summed E-state index contributed by atoms with van der Waals surface area (Å²) >= 11 is 6.02. The predicted octanol–water partition coefficient (Wildman–Crippen LogP) is 2.87. The summed E-state index contributed by atoms with van der Waals surface area (Å²) < 4.78 is 14.9. The fourth-order valence-electron chi connectivity index (χ4n) is 3.30. The van der Waals surface area contributed by atoms with Crippen molar-refractivity contribution in [2.24, 2.45) is 0 Å². The Labute approximate surface area is 170 Å². The number of hydrogen-bond acceptors (Lipinski definition) is 6. The number of likely N-dealkylation sites (N-methyl/N-ethyl adjacent to an activating group) is 1. The minimum absolute atomic E-state index is 0.00165. The molecule has 1 atom stereocenters. The highest BCUT2D eigenvalue weighted by Gasteiger charge is 2.18. The lowest BCUT2D eigenvalue weighted by Gasteiger charge is -2.32. The molecule has 1 aliphatic heterocycles. The molecule has 0 radical (unpaired) electrons. The van der Waals surface area contributed by atoms with E-state index in [0.29, 0.717) is 29.4 Å². The van der Waals surface area contributed by atoms with Crippen molar-refractivity contribution >= 4 is 17.3 Å². The summed E-state index contributed by atoms with van der Waals surface area (Å²) in [6, 6.07) is 3.21. The second-order valence-electron chi connectivity index (χ2n) is 7.36. The maximum Gasteiger partial charge on any atom is 0.149 e. The largest absolute Gasteiger partial charge is 0.396 e. The molecule has 6 nitrogen and oxygen atoms in total. The average Bonchev–Trinajstić information content (AvgIpc) is 2.65. The number of piperazine rings is 1. The highest BCUT2D eigenvalue weighted by atomic mass is 35.5. The van der Waals surface area contributed by atoms with Crippen LogP contribution in [0.4, 0.5) is 10.1 Å². The molecule has 0 spiro atoms. The highest BCUT2D eigenvalue weighted by molar-refractivity contribution is 6.29. The van der Waals surface area contributed by atoms with E-state index in [1.807, 2.05) is 6.92 Å². The fourth-order valence-corrected chi connectivity index (χ4v) is 3.45. The summed E-state index contributed by atoms with van der Waals surface area (Å²) in [5.41, 5.74) is 2.30. The number of rotatable bonds is 7. The van der Waals surface area contributed by atoms with Gasteiger partial charge in [0.15, 0.2) is 0 Å². The second kappa shape index (κ2) is 9.60. The van der Waals surface area contributed by atoms with Crippen LogP contribution in [0.2, 0.25) is 5.15 Å². The van der Waals surface area contributed by atoms with Crippen molar-refractivity contribution in [3.05, 3.63) is 41.1 Å². The van der Waals surface area contributed by atoms with E-state index >= 15 is 0 Å². The van der Waals surface area contributed by atoms with Gasteiger partial charge in [0.2, 0.25) is 0 Å². The van der Waals surface area contributed by atoms with Crippen molar-refractivity contribution in [2.45, 2.75) is 25.9 Å². The Balaban J connectivity index is 1.80. The number of nitrogens with one attached hydrogen (secondary N) is 1. The maximum atomic E-state index is 14.9. The third-order valence-corrected chi connectivity index (χ3v) is 5.20. The number of nitrogens with zero attached hydrogens (tertiary/aromatic N) is 4. The average molecular weight is 408 g/mol. The molecule has 2 N–H and O–H groups in total. The van der Waals surface area contributed by atoms with Crippen LogP contribution in [0, 0.1) is 5.82 Å². The summed E-state index contributed by atoms with van der Waals surface area (Å²) in [6.07, 6.45) is 3.83. The van der Waals surface area contributed by atoms with Gasteiger partial charge >= 0.3 is 0 Å². The Morgan fingerprint density at radius 1 is 1.21 bits per heavy atom. The van der Waals surface area contributed by atoms with E-state index in [1.54, 1.807) is 18.3 Å². The zero-order valence-corrected chi connectivity index (χ0v) is 17.1. The molecular formula is C20H27ClFN5O. The molecule has 2 aromatic heterocycles. The Hall–Kier alpha value is -1.80. The van der Waals surface area contributed by atoms with Crippen LogP contribution in [-0.4, -0.2) is 70.7 Å². The highest BCUT2D eigenvalue weighted by Crippen LogP contribution is 2.31. The van der Waals surface area contributed by atoms with Gasteiger partial charge < -0.3 is 15.3 Å². The molecule has 1 saturated heterocycles. The number of aliphatic hydroxyl groups is 1. The minimum atomic E-state index is -0.381. The van der Waals surface area contributed by atoms with Crippen molar-refractivity contribution in [1.82, 2.24) is 19.8 Å². The van der Waals surface area contributed by atoms with Crippen molar-refractivity contribution < 1.29 is 9.50 Å². The number of hydrogen-bond donors (Lipinski definition) is 2. The summed E-state index contributed by atoms with van der Waals surface area (Å²) in [6.45, 7) is 6.68. The van der Waals surface area contributed by atoms with Crippen LogP contribution in [0.5, 0.6) is 0 Å². The number of aliphatic hydroxyl groups excluding tert-OH is 1. The zero-order chi connectivity index (χ0) is 20.1. The molecule has 8 heteroatoms. The molecule has 0 aliphatic carbocycles. The summed E-state index contributed by atoms with van der Waals surface area (Å²) in [7, 11) is 2.11. The van der Waals surface area contributed by atoms with Gasteiger partial charge in [-0.15, -0.1) is 0 Å². The lowest BCUT2D eigenvalue weighted by Crippen LogP contribution is -2.43. The van der Waals surface area contributed by atoms with E-state index < -0.39 is 0 Å². The van der Waals surface area contributed by atoms with Gasteiger partial charge in [0.05, 0.1) is 0 Å². The lowest BCUT2D eigenvalue weighted by atomic mass is 10.1. The molecule has 0 bridgehead atoms. The van der Waals surface area contributed by atoms with Crippen LogP contribution in [0.15, 0.2) is 24.5 Å². The molecular weight excluding hydrogens is 381 g/mol. The van der Waals surface area contributed by atoms with Crippen molar-refractivity contribution in [3.8, 4) is 11.3 Å². The number of aromatic nitrogens is 2. The van der Waals surface area contributed by atoms with Gasteiger partial charge in [-0.2, -0.15) is 0 Å². The molecule has 1 fully saturated rings. The first-order chi connectivity index (χ1) is 13.5. The minimum Gasteiger partial charge on any atom is -0.396 e. The molecule has 0 aromatic carbocycles. The van der Waals surface area contributed by atoms with Crippen LogP contribution in [0.1, 0.15) is 18.9 Å². The summed E-state index contributed by atoms with van der Waals surface area (Å²) in [5.74, 6) is -0.381. The molecule has 0 unspecified atom stereocenters. The maximum absolute atomic E-state index is 14.9. The van der Waals surface area contributed by atoms with Gasteiger partial charge in [-0.1, -0.05) is 11.6 Å². The number of pyridine rings is 2. The van der Waals surface area contributed by atoms with Gasteiger partial charge in [-0.25, -0.2) is 9.37 Å². The molecule has 0 amide bonds. The van der Waals surface area contributed by atoms with Crippen molar-refractivity contribution in [2.75, 3.05) is 45.2 Å². The van der Waals surface area contributed by atoms with Gasteiger partial charge in [-0.05, 0) is 38.1 Å². The smallest absolute Gasteiger partial charge is 0.149 e. The van der Waals surface area contributed by atoms with Gasteiger partial charge in [0.1, 0.15) is 16.7 Å². The number of anilines is 1. The van der Waals surface area contributed by atoms with E-state index in [9.17, 15) is 4.39 Å². The fraction of sp³-hybridized carbons (Fsp3) is 0.500. The van der Waals surface area contributed by atoms with Crippen LogP contribution < -0.4 is 5.32 Å². The Morgan fingerprint density at radius 2 is 1.96 bits per heavy atom. The van der Waals surface area contributed by atoms with Crippen LogP contribution >= 0.6 is 11.6 Å². The summed E-state index contributed by atoms with van der Waals surface area (Å²) in [5, 5.41) is 12.7. The quantitative estimate of drug-likeness (QED) is 0.688. The van der Waals surface area contributed by atoms with E-state index in [0.717, 1.165) is 31.7 Å². The van der Waals surface area contributed by atoms with Crippen molar-refractivity contribution in [1.29, 1.82) is 0 Å². The van der Waals surface area contributed by atoms with E-state index in [1.165, 1.54) is 6.20 Å². The third kappa shape index (κ3) is 5.38. The molecule has 152 valence electrons. The van der Waals surface area contributed by atoms with E-state index in [4.69, 9.17) is 16.7 Å². The first-order valence-electron chi connectivity index (χ1n) is 9.55. The Morgan fingerprint density at radius 3 is 2.64 bits per heavy atom. The standard InChI is InChI=1S/C20H27ClFN5O/c1-14(3-8-28)25-18-10-19(21)23-12-16(18)20-17(22)9-15(11-24-20)13-27-6-4-26(2)5-7-27/h9-12,14,28H,3-8,13H2,1-2H3,(H,23,25)/t14-/m0/s1.